The summed E-state index contributed by atoms with van der Waals surface area (Å²) in [5, 5.41) is 11.4. The number of aromatic nitrogens is 3. The molecule has 4 rings (SSSR count). The molecule has 1 fully saturated rings. The molecule has 6 nitrogen and oxygen atoms in total. The van der Waals surface area contributed by atoms with Crippen LogP contribution in [-0.2, 0) is 11.2 Å². The molecular formula is C20H22N4O2. The van der Waals surface area contributed by atoms with Crippen LogP contribution in [0.1, 0.15) is 41.4 Å². The number of hydrogen-bond donors (Lipinski definition) is 1. The van der Waals surface area contributed by atoms with Gasteiger partial charge in [0.05, 0.1) is 35.6 Å². The Hall–Kier alpha value is -2.89. The van der Waals surface area contributed by atoms with Gasteiger partial charge in [0.2, 0.25) is 5.91 Å². The van der Waals surface area contributed by atoms with Crippen LogP contribution in [0.25, 0.3) is 11.3 Å². The molecule has 1 aromatic carbocycles. The van der Waals surface area contributed by atoms with Crippen LogP contribution < -0.4 is 0 Å². The average Bonchev–Trinajstić information content (AvgIpc) is 3.36. The summed E-state index contributed by atoms with van der Waals surface area (Å²) in [5.41, 5.74) is 4.74. The van der Waals surface area contributed by atoms with E-state index in [4.69, 9.17) is 4.52 Å². The van der Waals surface area contributed by atoms with Gasteiger partial charge in [-0.1, -0.05) is 35.5 Å². The van der Waals surface area contributed by atoms with E-state index in [1.165, 1.54) is 0 Å². The quantitative estimate of drug-likeness (QED) is 0.780. The van der Waals surface area contributed by atoms with Gasteiger partial charge < -0.3 is 9.42 Å². The Morgan fingerprint density at radius 3 is 2.85 bits per heavy atom. The lowest BCUT2D eigenvalue weighted by molar-refractivity contribution is -0.131. The van der Waals surface area contributed by atoms with E-state index >= 15 is 0 Å². The summed E-state index contributed by atoms with van der Waals surface area (Å²) in [5.74, 6) is 0.873. The van der Waals surface area contributed by atoms with Crippen molar-refractivity contribution in [3.8, 4) is 11.3 Å². The first kappa shape index (κ1) is 16.6. The first-order valence-corrected chi connectivity index (χ1v) is 8.95. The van der Waals surface area contributed by atoms with E-state index in [0.717, 1.165) is 53.2 Å². The largest absolute Gasteiger partial charge is 0.356 e. The van der Waals surface area contributed by atoms with E-state index in [-0.39, 0.29) is 11.9 Å². The zero-order valence-electron chi connectivity index (χ0n) is 15.0. The van der Waals surface area contributed by atoms with Crippen molar-refractivity contribution < 1.29 is 9.32 Å². The highest BCUT2D eigenvalue weighted by molar-refractivity contribution is 5.80. The number of hydrogen-bond acceptors (Lipinski definition) is 4. The van der Waals surface area contributed by atoms with E-state index in [0.29, 0.717) is 6.42 Å². The van der Waals surface area contributed by atoms with Gasteiger partial charge in [0, 0.05) is 12.1 Å². The molecule has 2 aromatic heterocycles. The van der Waals surface area contributed by atoms with Gasteiger partial charge in [-0.2, -0.15) is 5.10 Å². The van der Waals surface area contributed by atoms with Crippen LogP contribution in [-0.4, -0.2) is 32.7 Å². The maximum atomic E-state index is 12.9. The van der Waals surface area contributed by atoms with Gasteiger partial charge in [0.1, 0.15) is 0 Å². The lowest BCUT2D eigenvalue weighted by Gasteiger charge is -2.24. The first-order valence-electron chi connectivity index (χ1n) is 8.95. The highest BCUT2D eigenvalue weighted by Gasteiger charge is 2.33. The molecule has 1 amide bonds. The minimum absolute atomic E-state index is 0.00600. The number of aryl methyl sites for hydroxylation is 1. The van der Waals surface area contributed by atoms with Crippen molar-refractivity contribution in [2.24, 2.45) is 0 Å². The third-order valence-corrected chi connectivity index (χ3v) is 5.18. The molecule has 0 radical (unpaired) electrons. The van der Waals surface area contributed by atoms with Crippen LogP contribution in [0.3, 0.4) is 0 Å². The number of carbonyl (C=O) groups excluding carboxylic acids is 1. The Morgan fingerprint density at radius 2 is 2.12 bits per heavy atom. The second kappa shape index (κ2) is 6.78. The summed E-state index contributed by atoms with van der Waals surface area (Å²) in [6, 6.07) is 9.87. The topological polar surface area (TPSA) is 75.0 Å². The van der Waals surface area contributed by atoms with E-state index in [9.17, 15) is 4.79 Å². The molecule has 1 aliphatic heterocycles. The fourth-order valence-electron chi connectivity index (χ4n) is 3.63. The molecule has 1 aliphatic rings. The van der Waals surface area contributed by atoms with Gasteiger partial charge in [-0.15, -0.1) is 0 Å². The second-order valence-corrected chi connectivity index (χ2v) is 6.83. The van der Waals surface area contributed by atoms with Crippen molar-refractivity contribution in [3.05, 3.63) is 59.0 Å². The first-order chi connectivity index (χ1) is 12.6. The van der Waals surface area contributed by atoms with E-state index in [1.807, 2.05) is 49.1 Å². The van der Waals surface area contributed by atoms with Gasteiger partial charge in [-0.25, -0.2) is 0 Å². The van der Waals surface area contributed by atoms with Gasteiger partial charge in [-0.05, 0) is 32.3 Å². The van der Waals surface area contributed by atoms with Gasteiger partial charge in [-0.3, -0.25) is 9.89 Å². The monoisotopic (exact) mass is 350 g/mol. The molecule has 0 unspecified atom stereocenters. The van der Waals surface area contributed by atoms with Crippen molar-refractivity contribution in [3.63, 3.8) is 0 Å². The van der Waals surface area contributed by atoms with Crippen LogP contribution in [0.4, 0.5) is 0 Å². The molecule has 0 aliphatic carbocycles. The molecule has 0 saturated carbocycles. The van der Waals surface area contributed by atoms with Crippen molar-refractivity contribution in [1.29, 1.82) is 0 Å². The fourth-order valence-corrected chi connectivity index (χ4v) is 3.63. The number of nitrogens with zero attached hydrogens (tertiary/aromatic N) is 3. The van der Waals surface area contributed by atoms with Crippen molar-refractivity contribution >= 4 is 5.91 Å². The lowest BCUT2D eigenvalue weighted by atomic mass is 10.0. The normalized spacial score (nSPS) is 17.0. The van der Waals surface area contributed by atoms with Gasteiger partial charge in [0.25, 0.3) is 0 Å². The smallest absolute Gasteiger partial charge is 0.227 e. The molecule has 0 spiro atoms. The highest BCUT2D eigenvalue weighted by atomic mass is 16.5. The Bertz CT molecular complexity index is 913. The summed E-state index contributed by atoms with van der Waals surface area (Å²) in [6.07, 6.45) is 4.08. The maximum Gasteiger partial charge on any atom is 0.227 e. The highest BCUT2D eigenvalue weighted by Crippen LogP contribution is 2.38. The summed E-state index contributed by atoms with van der Waals surface area (Å²) in [7, 11) is 0. The van der Waals surface area contributed by atoms with Crippen molar-refractivity contribution in [2.75, 3.05) is 6.54 Å². The van der Waals surface area contributed by atoms with Gasteiger partial charge in [0.15, 0.2) is 5.76 Å². The van der Waals surface area contributed by atoms with Crippen LogP contribution in [0.2, 0.25) is 0 Å². The van der Waals surface area contributed by atoms with Crippen LogP contribution >= 0.6 is 0 Å². The van der Waals surface area contributed by atoms with Crippen molar-refractivity contribution in [1.82, 2.24) is 20.3 Å². The number of amides is 1. The number of rotatable bonds is 4. The molecule has 134 valence electrons. The fraction of sp³-hybridized carbons (Fsp3) is 0.350. The number of H-pyrrole nitrogens is 1. The zero-order chi connectivity index (χ0) is 18.1. The van der Waals surface area contributed by atoms with Crippen LogP contribution in [0, 0.1) is 13.8 Å². The lowest BCUT2D eigenvalue weighted by Crippen LogP contribution is -2.32. The Morgan fingerprint density at radius 1 is 1.31 bits per heavy atom. The van der Waals surface area contributed by atoms with Crippen molar-refractivity contribution in [2.45, 2.75) is 39.2 Å². The summed E-state index contributed by atoms with van der Waals surface area (Å²) < 4.78 is 5.52. The predicted molar refractivity (Wildman–Crippen MR) is 97.4 cm³/mol. The SMILES string of the molecule is Cc1noc(-c2cn[nH]c2[C@H]2CCCN2C(=O)Cc2ccccc2)c1C. The molecule has 3 heterocycles. The third-order valence-electron chi connectivity index (χ3n) is 5.18. The van der Waals surface area contributed by atoms with Crippen LogP contribution in [0.5, 0.6) is 0 Å². The molecule has 1 saturated heterocycles. The van der Waals surface area contributed by atoms with Crippen LogP contribution in [0.15, 0.2) is 41.1 Å². The minimum Gasteiger partial charge on any atom is -0.356 e. The molecular weight excluding hydrogens is 328 g/mol. The predicted octanol–water partition coefficient (Wildman–Crippen LogP) is 3.59. The Labute approximate surface area is 152 Å². The van der Waals surface area contributed by atoms with E-state index < -0.39 is 0 Å². The molecule has 6 heteroatoms. The average molecular weight is 350 g/mol. The standard InChI is InChI=1S/C20H22N4O2/c1-13-14(2)23-26-20(13)16-12-21-22-19(16)17-9-6-10-24(17)18(25)11-15-7-4-3-5-8-15/h3-5,7-8,12,17H,6,9-11H2,1-2H3,(H,21,22)/t17-/m1/s1. The summed E-state index contributed by atoms with van der Waals surface area (Å²) in [4.78, 5) is 14.9. The molecule has 1 N–H and O–H groups in total. The number of aromatic amines is 1. The molecule has 26 heavy (non-hydrogen) atoms. The summed E-state index contributed by atoms with van der Waals surface area (Å²) in [6.45, 7) is 4.68. The van der Waals surface area contributed by atoms with E-state index in [1.54, 1.807) is 6.20 Å². The third kappa shape index (κ3) is 2.92. The number of benzene rings is 1. The zero-order valence-corrected chi connectivity index (χ0v) is 15.0. The summed E-state index contributed by atoms with van der Waals surface area (Å²) >= 11 is 0. The molecule has 3 aromatic rings. The minimum atomic E-state index is -0.00600. The Kier molecular flexibility index (Phi) is 4.32. The van der Waals surface area contributed by atoms with E-state index in [2.05, 4.69) is 15.4 Å². The van der Waals surface area contributed by atoms with Gasteiger partial charge >= 0.3 is 0 Å². The maximum absolute atomic E-state index is 12.9. The molecule has 0 bridgehead atoms. The number of carbonyl (C=O) groups is 1. The number of nitrogens with one attached hydrogen (secondary N) is 1. The second-order valence-electron chi connectivity index (χ2n) is 6.83. The Balaban J connectivity index is 1.61. The number of likely N-dealkylation sites (tertiary alicyclic amines) is 1. The molecule has 1 atom stereocenters.